The molecule has 2 aliphatic rings. The van der Waals surface area contributed by atoms with E-state index in [-0.39, 0.29) is 12.0 Å². The minimum atomic E-state index is 0.0122. The number of nitrogens with zero attached hydrogens (tertiary/aromatic N) is 4. The Labute approximate surface area is 178 Å². The van der Waals surface area contributed by atoms with Gasteiger partial charge in [-0.2, -0.15) is 0 Å². The zero-order valence-electron chi connectivity index (χ0n) is 17.8. The van der Waals surface area contributed by atoms with Gasteiger partial charge in [0.05, 0.1) is 6.61 Å². The monoisotopic (exact) mass is 424 g/mol. The Hall–Kier alpha value is -1.32. The second kappa shape index (κ2) is 11.2. The quantitative estimate of drug-likeness (QED) is 0.229. The highest BCUT2D eigenvalue weighted by atomic mass is 32.2. The van der Waals surface area contributed by atoms with Crippen molar-refractivity contribution in [1.82, 2.24) is 25.4 Å². The first-order valence-corrected chi connectivity index (χ1v) is 12.0. The van der Waals surface area contributed by atoms with E-state index in [1.807, 2.05) is 0 Å². The van der Waals surface area contributed by atoms with E-state index < -0.39 is 0 Å². The maximum absolute atomic E-state index is 9.37. The number of thioether (sulfide) groups is 1. The summed E-state index contributed by atoms with van der Waals surface area (Å²) in [6, 6.07) is 0.571. The number of aryl methyl sites for hydroxylation is 1. The average molecular weight is 425 g/mol. The highest BCUT2D eigenvalue weighted by Gasteiger charge is 2.34. The van der Waals surface area contributed by atoms with Crippen molar-refractivity contribution in [3.63, 3.8) is 0 Å². The van der Waals surface area contributed by atoms with Gasteiger partial charge in [-0.25, -0.2) is 0 Å². The molecule has 0 spiro atoms. The lowest BCUT2D eigenvalue weighted by Gasteiger charge is -2.27. The van der Waals surface area contributed by atoms with Crippen molar-refractivity contribution in [2.24, 2.45) is 10.4 Å². The smallest absolute Gasteiger partial charge is 0.191 e. The van der Waals surface area contributed by atoms with E-state index in [9.17, 15) is 5.11 Å². The number of hydrogen-bond donors (Lipinski definition) is 3. The Morgan fingerprint density at radius 3 is 2.83 bits per heavy atom. The zero-order chi connectivity index (χ0) is 20.5. The predicted octanol–water partition coefficient (Wildman–Crippen LogP) is 2.00. The van der Waals surface area contributed by atoms with Crippen molar-refractivity contribution < 1.29 is 9.84 Å². The molecule has 1 aliphatic heterocycles. The van der Waals surface area contributed by atoms with E-state index in [4.69, 9.17) is 4.74 Å². The predicted molar refractivity (Wildman–Crippen MR) is 117 cm³/mol. The topological polar surface area (TPSA) is 96.6 Å². The lowest BCUT2D eigenvalue weighted by molar-refractivity contribution is 0.127. The molecule has 2 heterocycles. The summed E-state index contributed by atoms with van der Waals surface area (Å²) in [5.41, 5.74) is 0.0122. The van der Waals surface area contributed by atoms with Crippen LogP contribution < -0.4 is 10.6 Å². The summed E-state index contributed by atoms with van der Waals surface area (Å²) in [4.78, 5) is 4.34. The van der Waals surface area contributed by atoms with Crippen molar-refractivity contribution in [3.05, 3.63) is 5.82 Å². The van der Waals surface area contributed by atoms with Gasteiger partial charge in [0.25, 0.3) is 0 Å². The van der Waals surface area contributed by atoms with E-state index in [0.29, 0.717) is 12.6 Å². The van der Waals surface area contributed by atoms with E-state index in [2.05, 4.69) is 36.6 Å². The number of rotatable bonds is 10. The molecule has 0 radical (unpaired) electrons. The number of ether oxygens (including phenoxy) is 1. The molecule has 1 saturated heterocycles. The molecule has 8 nitrogen and oxygen atoms in total. The van der Waals surface area contributed by atoms with Gasteiger partial charge in [-0.1, -0.05) is 24.6 Å². The molecular weight excluding hydrogens is 388 g/mol. The van der Waals surface area contributed by atoms with Crippen LogP contribution in [-0.2, 0) is 11.2 Å². The first-order chi connectivity index (χ1) is 14.2. The summed E-state index contributed by atoms with van der Waals surface area (Å²) >= 11 is 1.69. The molecule has 1 atom stereocenters. The van der Waals surface area contributed by atoms with Crippen molar-refractivity contribution in [3.8, 4) is 0 Å². The summed E-state index contributed by atoms with van der Waals surface area (Å²) in [5.74, 6) is 1.91. The first-order valence-electron chi connectivity index (χ1n) is 10.8. The lowest BCUT2D eigenvalue weighted by atomic mass is 9.84. The summed E-state index contributed by atoms with van der Waals surface area (Å²) in [7, 11) is 1.79. The van der Waals surface area contributed by atoms with Gasteiger partial charge in [-0.15, -0.1) is 10.2 Å². The van der Waals surface area contributed by atoms with Crippen molar-refractivity contribution in [2.45, 2.75) is 62.6 Å². The zero-order valence-corrected chi connectivity index (χ0v) is 18.6. The Kier molecular flexibility index (Phi) is 8.62. The van der Waals surface area contributed by atoms with Gasteiger partial charge in [0, 0.05) is 51.2 Å². The fraction of sp³-hybridized carbons (Fsp3) is 0.850. The van der Waals surface area contributed by atoms with Gasteiger partial charge in [-0.05, 0) is 38.4 Å². The van der Waals surface area contributed by atoms with E-state index >= 15 is 0 Å². The molecule has 3 N–H and O–H groups in total. The van der Waals surface area contributed by atoms with Crippen LogP contribution in [-0.4, -0.2) is 72.0 Å². The number of aliphatic imine (C=N–C) groups is 1. The van der Waals surface area contributed by atoms with E-state index in [0.717, 1.165) is 62.3 Å². The van der Waals surface area contributed by atoms with Gasteiger partial charge < -0.3 is 25.0 Å². The molecule has 1 unspecified atom stereocenters. The number of nitrogens with one attached hydrogen (secondary N) is 2. The third kappa shape index (κ3) is 5.86. The standard InChI is InChI=1S/C20H36N6O2S/c1-21-18(23-14-20(9-12-27)10-13-28-15-20)22-11-5-8-17-24-25-19(29-2)26(17)16-6-3-4-7-16/h16,27H,3-15H2,1-2H3,(H2,21,22,23). The number of guanidine groups is 1. The van der Waals surface area contributed by atoms with Crippen LogP contribution in [0.4, 0.5) is 0 Å². The molecule has 164 valence electrons. The molecule has 29 heavy (non-hydrogen) atoms. The summed E-state index contributed by atoms with van der Waals surface area (Å²) in [6.45, 7) is 3.26. The molecule has 1 aromatic rings. The number of aliphatic hydroxyl groups excluding tert-OH is 1. The minimum absolute atomic E-state index is 0.0122. The highest BCUT2D eigenvalue weighted by molar-refractivity contribution is 7.98. The van der Waals surface area contributed by atoms with Crippen LogP contribution in [0.2, 0.25) is 0 Å². The highest BCUT2D eigenvalue weighted by Crippen LogP contribution is 2.33. The fourth-order valence-electron chi connectivity index (χ4n) is 4.40. The number of aromatic nitrogens is 3. The third-order valence-electron chi connectivity index (χ3n) is 6.16. The molecule has 9 heteroatoms. The minimum Gasteiger partial charge on any atom is -0.396 e. The van der Waals surface area contributed by atoms with Gasteiger partial charge in [0.2, 0.25) is 0 Å². The van der Waals surface area contributed by atoms with Gasteiger partial charge >= 0.3 is 0 Å². The van der Waals surface area contributed by atoms with Crippen LogP contribution in [0.15, 0.2) is 10.1 Å². The number of hydrogen-bond acceptors (Lipinski definition) is 6. The molecule has 0 amide bonds. The van der Waals surface area contributed by atoms with Gasteiger partial charge in [-0.3, -0.25) is 4.99 Å². The van der Waals surface area contributed by atoms with Crippen LogP contribution in [0.3, 0.4) is 0 Å². The largest absolute Gasteiger partial charge is 0.396 e. The second-order valence-corrected chi connectivity index (χ2v) is 8.92. The Balaban J connectivity index is 1.45. The lowest BCUT2D eigenvalue weighted by Crippen LogP contribution is -2.44. The molecule has 1 aliphatic carbocycles. The Morgan fingerprint density at radius 2 is 2.17 bits per heavy atom. The summed E-state index contributed by atoms with van der Waals surface area (Å²) in [6.07, 6.45) is 10.8. The summed E-state index contributed by atoms with van der Waals surface area (Å²) < 4.78 is 7.94. The maximum atomic E-state index is 9.37. The molecule has 0 bridgehead atoms. The van der Waals surface area contributed by atoms with E-state index in [1.54, 1.807) is 18.8 Å². The van der Waals surface area contributed by atoms with Crippen LogP contribution in [0, 0.1) is 5.41 Å². The van der Waals surface area contributed by atoms with Crippen molar-refractivity contribution in [1.29, 1.82) is 0 Å². The van der Waals surface area contributed by atoms with Gasteiger partial charge in [0.15, 0.2) is 11.1 Å². The second-order valence-electron chi connectivity index (χ2n) is 8.14. The van der Waals surface area contributed by atoms with Crippen molar-refractivity contribution >= 4 is 17.7 Å². The normalized spacial score (nSPS) is 23.1. The Morgan fingerprint density at radius 1 is 1.34 bits per heavy atom. The fourth-order valence-corrected chi connectivity index (χ4v) is 4.98. The SMILES string of the molecule is CN=C(NCCCc1nnc(SC)n1C1CCCC1)NCC1(CCO)CCOC1. The van der Waals surface area contributed by atoms with Gasteiger partial charge in [0.1, 0.15) is 5.82 Å². The van der Waals surface area contributed by atoms with Crippen LogP contribution in [0.25, 0.3) is 0 Å². The maximum Gasteiger partial charge on any atom is 0.191 e. The molecule has 1 aromatic heterocycles. The number of aliphatic hydroxyl groups is 1. The average Bonchev–Trinajstić information content (AvgIpc) is 3.48. The van der Waals surface area contributed by atoms with Crippen LogP contribution in [0.1, 0.15) is 56.8 Å². The van der Waals surface area contributed by atoms with E-state index in [1.165, 1.54) is 25.7 Å². The molecule has 1 saturated carbocycles. The molecule has 3 rings (SSSR count). The first kappa shape index (κ1) is 22.4. The van der Waals surface area contributed by atoms with Crippen LogP contribution in [0.5, 0.6) is 0 Å². The Bertz CT molecular complexity index is 653. The summed E-state index contributed by atoms with van der Waals surface area (Å²) in [5, 5.41) is 26.1. The van der Waals surface area contributed by atoms with Crippen molar-refractivity contribution in [2.75, 3.05) is 46.2 Å². The molecule has 0 aromatic carbocycles. The molecule has 2 fully saturated rings. The molecular formula is C20H36N6O2S. The van der Waals surface area contributed by atoms with Crippen LogP contribution >= 0.6 is 11.8 Å². The third-order valence-corrected chi connectivity index (χ3v) is 6.80.